The Labute approximate surface area is 344 Å². The zero-order chi connectivity index (χ0) is 39.0. The topological polar surface area (TPSA) is 0 Å². The van der Waals surface area contributed by atoms with Crippen molar-refractivity contribution in [3.05, 3.63) is 172 Å². The van der Waals surface area contributed by atoms with E-state index in [-0.39, 0.29) is 7.25 Å². The van der Waals surface area contributed by atoms with Crippen molar-refractivity contribution in [3.8, 4) is 33.4 Å². The van der Waals surface area contributed by atoms with Crippen molar-refractivity contribution in [2.24, 2.45) is 11.8 Å². The van der Waals surface area contributed by atoms with Gasteiger partial charge in [-0.2, -0.15) is 0 Å². The minimum atomic E-state index is -5.49. The van der Waals surface area contributed by atoms with Crippen molar-refractivity contribution in [1.82, 2.24) is 0 Å². The van der Waals surface area contributed by atoms with Gasteiger partial charge in [-0.3, -0.25) is 0 Å². The zero-order valence-electron chi connectivity index (χ0n) is 33.5. The average molecular weight is 866 g/mol. The van der Waals surface area contributed by atoms with E-state index in [1.165, 1.54) is 91.6 Å². The summed E-state index contributed by atoms with van der Waals surface area (Å²) >= 11 is -5.49. The molecule has 0 radical (unpaired) electrons. The molecule has 0 saturated carbocycles. The first-order valence-electron chi connectivity index (χ1n) is 20.5. The first-order valence-corrected chi connectivity index (χ1v) is 32.3. The summed E-state index contributed by atoms with van der Waals surface area (Å²) in [7, 11) is 17.4. The summed E-state index contributed by atoms with van der Waals surface area (Å²) in [5, 5.41) is 2.95. The molecule has 0 nitrogen and oxygen atoms in total. The predicted octanol–water partition coefficient (Wildman–Crippen LogP) is 12.5. The molecular weight excluding hydrogens is 815 g/mol. The third-order valence-electron chi connectivity index (χ3n) is 12.9. The van der Waals surface area contributed by atoms with Crippen molar-refractivity contribution in [1.29, 1.82) is 0 Å². The minimum absolute atomic E-state index is 0.0904. The standard InChI is InChI=1S/2C20H21.C12H9Si.2ClH.Zr/c2*1-14(2)11-16-7-4-5-9-18(16)19-10-6-8-17-12-15(3)13-20(17)19;1-3-7-11-9(5-1)10-6-2-4-8-12(10)13-11;;;/h2*4-10,12-14H,11H2,1-3H3;1-7H,13H2;2*1H;/q;;;;;+2/p-2. The molecule has 0 fully saturated rings. The van der Waals surface area contributed by atoms with E-state index in [0.717, 1.165) is 12.8 Å². The van der Waals surface area contributed by atoms with Gasteiger partial charge < -0.3 is 0 Å². The Bertz CT molecular complexity index is 2480. The van der Waals surface area contributed by atoms with E-state index in [0.29, 0.717) is 11.8 Å². The number of fused-ring (bicyclic) bond motifs is 5. The van der Waals surface area contributed by atoms with Gasteiger partial charge in [0.15, 0.2) is 0 Å². The van der Waals surface area contributed by atoms with Gasteiger partial charge in [0.25, 0.3) is 0 Å². The quantitative estimate of drug-likeness (QED) is 0.127. The molecule has 56 heavy (non-hydrogen) atoms. The van der Waals surface area contributed by atoms with Crippen LogP contribution in [0.5, 0.6) is 0 Å². The molecule has 1 aliphatic heterocycles. The van der Waals surface area contributed by atoms with Crippen LogP contribution in [0.2, 0.25) is 0 Å². The van der Waals surface area contributed by atoms with E-state index in [1.807, 2.05) is 0 Å². The first-order chi connectivity index (χ1) is 26.9. The van der Waals surface area contributed by atoms with Crippen molar-refractivity contribution in [3.63, 3.8) is 0 Å². The Morgan fingerprint density at radius 3 is 1.45 bits per heavy atom. The van der Waals surface area contributed by atoms with Crippen molar-refractivity contribution in [2.75, 3.05) is 0 Å². The van der Waals surface area contributed by atoms with Crippen LogP contribution in [-0.4, -0.2) is 9.52 Å². The van der Waals surface area contributed by atoms with Crippen LogP contribution in [-0.2, 0) is 29.2 Å². The Kier molecular flexibility index (Phi) is 9.77. The van der Waals surface area contributed by atoms with E-state index >= 15 is 0 Å². The molecule has 2 aliphatic carbocycles. The predicted molar refractivity (Wildman–Crippen MR) is 245 cm³/mol. The molecule has 6 aromatic carbocycles. The van der Waals surface area contributed by atoms with Crippen LogP contribution in [0.15, 0.2) is 139 Å². The van der Waals surface area contributed by atoms with Gasteiger partial charge >= 0.3 is 348 Å². The molecule has 0 bridgehead atoms. The van der Waals surface area contributed by atoms with Crippen LogP contribution in [0.4, 0.5) is 0 Å². The summed E-state index contributed by atoms with van der Waals surface area (Å²) < 4.78 is 1.10. The molecule has 281 valence electrons. The monoisotopic (exact) mass is 863 g/mol. The number of halogens is 2. The normalized spacial score (nSPS) is 18.0. The third kappa shape index (κ3) is 6.00. The number of hydrogen-bond donors (Lipinski definition) is 0. The second kappa shape index (κ2) is 14.4. The molecule has 0 saturated heterocycles. The second-order valence-electron chi connectivity index (χ2n) is 17.6. The van der Waals surface area contributed by atoms with Crippen LogP contribution in [0.1, 0.15) is 82.2 Å². The fraction of sp³-hybridized carbons (Fsp3) is 0.231. The van der Waals surface area contributed by atoms with Crippen molar-refractivity contribution in [2.45, 2.75) is 61.6 Å². The summed E-state index contributed by atoms with van der Waals surface area (Å²) in [5.41, 5.74) is 18.5. The van der Waals surface area contributed by atoms with Gasteiger partial charge in [-0.1, -0.05) is 0 Å². The summed E-state index contributed by atoms with van der Waals surface area (Å²) in [5.74, 6) is 1.12. The number of benzene rings is 6. The molecule has 9 rings (SSSR count). The number of rotatable bonds is 9. The zero-order valence-corrected chi connectivity index (χ0v) is 38.8. The molecule has 6 aromatic rings. The Morgan fingerprint density at radius 1 is 0.500 bits per heavy atom. The van der Waals surface area contributed by atoms with Crippen LogP contribution >= 0.6 is 17.0 Å². The molecule has 1 heterocycles. The molecule has 0 spiro atoms. The second-order valence-corrected chi connectivity index (χ2v) is 40.0. The maximum absolute atomic E-state index is 9.12. The van der Waals surface area contributed by atoms with E-state index in [1.54, 1.807) is 0 Å². The SMILES string of the molecule is CC1=Cc2c(-c3ccccc3CC(C)C)cccc2[CH]1[Zr]([Cl])([Cl])([c]1cccc2c1[SiH2]c1ccccc1-2)[CH]1C(C)=Cc2c(-c3ccccc3CC(C)C)cccc21. The van der Waals surface area contributed by atoms with Gasteiger partial charge in [0.1, 0.15) is 0 Å². The maximum atomic E-state index is 9.12. The van der Waals surface area contributed by atoms with E-state index in [2.05, 4.69) is 181 Å². The Hall–Kier alpha value is -3.52. The summed E-state index contributed by atoms with van der Waals surface area (Å²) in [6.45, 7) is 13.9. The van der Waals surface area contributed by atoms with E-state index in [4.69, 9.17) is 17.0 Å². The Morgan fingerprint density at radius 2 is 0.929 bits per heavy atom. The number of allylic oxidation sites excluding steroid dienone is 2. The van der Waals surface area contributed by atoms with Crippen LogP contribution in [0, 0.1) is 11.8 Å². The fourth-order valence-electron chi connectivity index (χ4n) is 10.9. The van der Waals surface area contributed by atoms with Gasteiger partial charge in [0.05, 0.1) is 0 Å². The molecule has 2 atom stereocenters. The molecule has 3 aliphatic rings. The summed E-state index contributed by atoms with van der Waals surface area (Å²) in [6, 6.07) is 47.8. The van der Waals surface area contributed by atoms with Crippen molar-refractivity contribution >= 4 is 52.3 Å². The van der Waals surface area contributed by atoms with Crippen LogP contribution < -0.4 is 13.6 Å². The summed E-state index contributed by atoms with van der Waals surface area (Å²) in [6.07, 6.45) is 6.97. The van der Waals surface area contributed by atoms with Crippen LogP contribution in [0.25, 0.3) is 45.5 Å². The molecule has 0 amide bonds. The average Bonchev–Trinajstić information content (AvgIpc) is 3.85. The number of hydrogen-bond acceptors (Lipinski definition) is 0. The summed E-state index contributed by atoms with van der Waals surface area (Å²) in [4.78, 5) is 0. The molecule has 2 unspecified atom stereocenters. The van der Waals surface area contributed by atoms with Gasteiger partial charge in [-0.15, -0.1) is 0 Å². The van der Waals surface area contributed by atoms with Gasteiger partial charge in [-0.05, 0) is 0 Å². The fourth-order valence-corrected chi connectivity index (χ4v) is 39.7. The Balaban J connectivity index is 1.30. The van der Waals surface area contributed by atoms with Crippen molar-refractivity contribution < 1.29 is 16.4 Å². The third-order valence-corrected chi connectivity index (χ3v) is 36.1. The van der Waals surface area contributed by atoms with Gasteiger partial charge in [-0.25, -0.2) is 0 Å². The van der Waals surface area contributed by atoms with E-state index < -0.39 is 25.9 Å². The molecule has 0 N–H and O–H groups in total. The first kappa shape index (κ1) is 38.0. The van der Waals surface area contributed by atoms with Gasteiger partial charge in [0, 0.05) is 0 Å². The van der Waals surface area contributed by atoms with Crippen LogP contribution in [0.3, 0.4) is 0 Å². The van der Waals surface area contributed by atoms with E-state index in [9.17, 15) is 0 Å². The van der Waals surface area contributed by atoms with Gasteiger partial charge in [0.2, 0.25) is 0 Å². The molecule has 0 aromatic heterocycles. The molecule has 4 heteroatoms. The molecular formula is C52H51Cl2SiZr.